The number of aromatic nitrogens is 1. The van der Waals surface area contributed by atoms with Gasteiger partial charge in [-0.25, -0.2) is 4.98 Å². The summed E-state index contributed by atoms with van der Waals surface area (Å²) >= 11 is 0. The Morgan fingerprint density at radius 3 is 2.75 bits per heavy atom. The summed E-state index contributed by atoms with van der Waals surface area (Å²) in [6.07, 6.45) is 0. The Hall–Kier alpha value is -1.58. The van der Waals surface area contributed by atoms with Crippen molar-refractivity contribution < 1.29 is 9.90 Å². The van der Waals surface area contributed by atoms with Gasteiger partial charge in [0.2, 0.25) is 0 Å². The minimum absolute atomic E-state index is 0.0997. The van der Waals surface area contributed by atoms with Gasteiger partial charge in [0.15, 0.2) is 0 Å². The second kappa shape index (κ2) is 3.21. The normalized spacial score (nSPS) is 9.50. The molecule has 0 aliphatic heterocycles. The lowest BCUT2D eigenvalue weighted by atomic mass is 10.3. The van der Waals surface area contributed by atoms with E-state index in [2.05, 4.69) is 10.3 Å². The number of aromatic hydroxyl groups is 1. The van der Waals surface area contributed by atoms with E-state index >= 15 is 0 Å². The van der Waals surface area contributed by atoms with Gasteiger partial charge >= 0.3 is 0 Å². The van der Waals surface area contributed by atoms with E-state index in [0.29, 0.717) is 11.4 Å². The minimum atomic E-state index is -0.252. The molecule has 0 aromatic carbocycles. The van der Waals surface area contributed by atoms with Crippen LogP contribution >= 0.6 is 0 Å². The van der Waals surface area contributed by atoms with Crippen molar-refractivity contribution in [3.63, 3.8) is 0 Å². The fourth-order valence-electron chi connectivity index (χ4n) is 0.808. The first kappa shape index (κ1) is 8.52. The zero-order valence-corrected chi connectivity index (χ0v) is 6.96. The van der Waals surface area contributed by atoms with Gasteiger partial charge in [-0.2, -0.15) is 0 Å². The van der Waals surface area contributed by atoms with Crippen molar-refractivity contribution in [3.05, 3.63) is 23.5 Å². The first-order chi connectivity index (χ1) is 5.65. The minimum Gasteiger partial charge on any atom is -0.506 e. The Morgan fingerprint density at radius 1 is 1.58 bits per heavy atom. The lowest BCUT2D eigenvalue weighted by Crippen LogP contribution is -2.19. The highest BCUT2D eigenvalue weighted by Crippen LogP contribution is 2.12. The lowest BCUT2D eigenvalue weighted by molar-refractivity contribution is 0.0958. The summed E-state index contributed by atoms with van der Waals surface area (Å²) < 4.78 is 0. The quantitative estimate of drug-likeness (QED) is 0.637. The molecule has 0 unspecified atom stereocenters. The zero-order chi connectivity index (χ0) is 9.14. The molecule has 0 radical (unpaired) electrons. The van der Waals surface area contributed by atoms with Crippen LogP contribution in [0.25, 0.3) is 0 Å². The molecule has 0 atom stereocenters. The molecular weight excluding hydrogens is 156 g/mol. The van der Waals surface area contributed by atoms with Gasteiger partial charge in [0, 0.05) is 7.05 Å². The monoisotopic (exact) mass is 166 g/mol. The molecule has 0 fully saturated rings. The van der Waals surface area contributed by atoms with Gasteiger partial charge in [0.05, 0.1) is 5.69 Å². The average molecular weight is 166 g/mol. The molecule has 0 saturated carbocycles. The first-order valence-electron chi connectivity index (χ1n) is 3.54. The standard InChI is InChI=1S/C8H10N2O2/c1-5-7(11)4-3-6(10-5)8(12)9-2/h3-4,11H,1-2H3,(H,9,12). The Kier molecular flexibility index (Phi) is 2.28. The van der Waals surface area contributed by atoms with Crippen molar-refractivity contribution in [1.82, 2.24) is 10.3 Å². The molecule has 1 rings (SSSR count). The number of rotatable bonds is 1. The Labute approximate surface area is 70.3 Å². The second-order valence-corrected chi connectivity index (χ2v) is 2.38. The number of amides is 1. The van der Waals surface area contributed by atoms with Gasteiger partial charge in [-0.3, -0.25) is 4.79 Å². The van der Waals surface area contributed by atoms with Crippen LogP contribution in [0.5, 0.6) is 5.75 Å². The van der Waals surface area contributed by atoms with Crippen LogP contribution < -0.4 is 5.32 Å². The number of hydrogen-bond donors (Lipinski definition) is 2. The molecule has 1 heterocycles. The number of pyridine rings is 1. The maximum Gasteiger partial charge on any atom is 0.269 e. The highest BCUT2D eigenvalue weighted by Gasteiger charge is 2.05. The van der Waals surface area contributed by atoms with E-state index in [0.717, 1.165) is 0 Å². The summed E-state index contributed by atoms with van der Waals surface area (Å²) in [6.45, 7) is 1.64. The van der Waals surface area contributed by atoms with Crippen molar-refractivity contribution in [2.24, 2.45) is 0 Å². The smallest absolute Gasteiger partial charge is 0.269 e. The second-order valence-electron chi connectivity index (χ2n) is 2.38. The van der Waals surface area contributed by atoms with E-state index in [4.69, 9.17) is 5.11 Å². The third kappa shape index (κ3) is 1.53. The fourth-order valence-corrected chi connectivity index (χ4v) is 0.808. The van der Waals surface area contributed by atoms with Gasteiger partial charge in [-0.05, 0) is 19.1 Å². The summed E-state index contributed by atoms with van der Waals surface area (Å²) in [4.78, 5) is 14.9. The van der Waals surface area contributed by atoms with Crippen molar-refractivity contribution >= 4 is 5.91 Å². The lowest BCUT2D eigenvalue weighted by Gasteiger charge is -2.01. The number of aryl methyl sites for hydroxylation is 1. The highest BCUT2D eigenvalue weighted by molar-refractivity contribution is 5.92. The van der Waals surface area contributed by atoms with Crippen LogP contribution in [0, 0.1) is 6.92 Å². The van der Waals surface area contributed by atoms with E-state index in [1.807, 2.05) is 0 Å². The molecule has 2 N–H and O–H groups in total. The molecule has 4 heteroatoms. The maximum absolute atomic E-state index is 11.0. The Morgan fingerprint density at radius 2 is 2.25 bits per heavy atom. The molecular formula is C8H10N2O2. The SMILES string of the molecule is CNC(=O)c1ccc(O)c(C)n1. The number of carbonyl (C=O) groups excluding carboxylic acids is 1. The molecule has 4 nitrogen and oxygen atoms in total. The van der Waals surface area contributed by atoms with E-state index in [9.17, 15) is 4.79 Å². The molecule has 0 saturated heterocycles. The van der Waals surface area contributed by atoms with Gasteiger partial charge in [0.25, 0.3) is 5.91 Å². The Balaban J connectivity index is 3.05. The van der Waals surface area contributed by atoms with Crippen LogP contribution in [0.4, 0.5) is 0 Å². The molecule has 64 valence electrons. The predicted molar refractivity (Wildman–Crippen MR) is 44.0 cm³/mol. The van der Waals surface area contributed by atoms with Gasteiger partial charge < -0.3 is 10.4 Å². The molecule has 1 amide bonds. The van der Waals surface area contributed by atoms with Gasteiger partial charge in [-0.15, -0.1) is 0 Å². The van der Waals surface area contributed by atoms with Crippen molar-refractivity contribution in [2.45, 2.75) is 6.92 Å². The predicted octanol–water partition coefficient (Wildman–Crippen LogP) is 0.455. The van der Waals surface area contributed by atoms with E-state index < -0.39 is 0 Å². The summed E-state index contributed by atoms with van der Waals surface area (Å²) in [5, 5.41) is 11.5. The largest absolute Gasteiger partial charge is 0.506 e. The molecule has 12 heavy (non-hydrogen) atoms. The fraction of sp³-hybridized carbons (Fsp3) is 0.250. The molecule has 0 aliphatic rings. The molecule has 0 bridgehead atoms. The van der Waals surface area contributed by atoms with Gasteiger partial charge in [0.1, 0.15) is 11.4 Å². The molecule has 1 aromatic heterocycles. The Bertz CT molecular complexity index is 310. The van der Waals surface area contributed by atoms with Crippen molar-refractivity contribution in [3.8, 4) is 5.75 Å². The maximum atomic E-state index is 11.0. The van der Waals surface area contributed by atoms with Crippen LogP contribution in [0.2, 0.25) is 0 Å². The third-order valence-electron chi connectivity index (χ3n) is 1.52. The molecule has 1 aromatic rings. The average Bonchev–Trinajstić information content (AvgIpc) is 2.08. The van der Waals surface area contributed by atoms with Crippen molar-refractivity contribution in [2.75, 3.05) is 7.05 Å². The van der Waals surface area contributed by atoms with Crippen LogP contribution in [0.15, 0.2) is 12.1 Å². The summed E-state index contributed by atoms with van der Waals surface area (Å²) in [7, 11) is 1.53. The number of hydrogen-bond acceptors (Lipinski definition) is 3. The van der Waals surface area contributed by atoms with Crippen LogP contribution in [-0.4, -0.2) is 23.0 Å². The van der Waals surface area contributed by atoms with E-state index in [1.54, 1.807) is 6.92 Å². The zero-order valence-electron chi connectivity index (χ0n) is 6.96. The van der Waals surface area contributed by atoms with Crippen LogP contribution in [-0.2, 0) is 0 Å². The number of nitrogens with zero attached hydrogens (tertiary/aromatic N) is 1. The molecule has 0 spiro atoms. The summed E-state index contributed by atoms with van der Waals surface area (Å²) in [5.74, 6) is -0.152. The topological polar surface area (TPSA) is 62.2 Å². The number of carbonyl (C=O) groups is 1. The van der Waals surface area contributed by atoms with Crippen LogP contribution in [0.3, 0.4) is 0 Å². The molecule has 0 aliphatic carbocycles. The van der Waals surface area contributed by atoms with E-state index in [1.165, 1.54) is 19.2 Å². The van der Waals surface area contributed by atoms with Crippen LogP contribution in [0.1, 0.15) is 16.2 Å². The highest BCUT2D eigenvalue weighted by atomic mass is 16.3. The van der Waals surface area contributed by atoms with Gasteiger partial charge in [-0.1, -0.05) is 0 Å². The van der Waals surface area contributed by atoms with Crippen molar-refractivity contribution in [1.29, 1.82) is 0 Å². The van der Waals surface area contributed by atoms with E-state index in [-0.39, 0.29) is 11.7 Å². The third-order valence-corrected chi connectivity index (χ3v) is 1.52. The summed E-state index contributed by atoms with van der Waals surface area (Å²) in [5.41, 5.74) is 0.768. The summed E-state index contributed by atoms with van der Waals surface area (Å²) in [6, 6.07) is 2.92. The number of nitrogens with one attached hydrogen (secondary N) is 1. The first-order valence-corrected chi connectivity index (χ1v) is 3.54.